The number of piperidine rings is 1. The van der Waals surface area contributed by atoms with Crippen molar-refractivity contribution >= 4 is 6.03 Å². The maximum Gasteiger partial charge on any atom is 0.314 e. The van der Waals surface area contributed by atoms with Crippen LogP contribution in [-0.4, -0.2) is 37.1 Å². The van der Waals surface area contributed by atoms with Gasteiger partial charge in [0.05, 0.1) is 0 Å². The molecule has 0 aliphatic carbocycles. The van der Waals surface area contributed by atoms with Crippen molar-refractivity contribution in [3.63, 3.8) is 0 Å². The number of nitrogens with one attached hydrogen (secondary N) is 2. The Morgan fingerprint density at radius 1 is 1.07 bits per heavy atom. The van der Waals surface area contributed by atoms with Gasteiger partial charge in [-0.3, -0.25) is 4.90 Å². The van der Waals surface area contributed by atoms with E-state index in [0.717, 1.165) is 32.5 Å². The summed E-state index contributed by atoms with van der Waals surface area (Å²) in [5.41, 5.74) is 1.96. The molecule has 4 nitrogen and oxygen atoms in total. The molecule has 1 unspecified atom stereocenters. The van der Waals surface area contributed by atoms with Crippen LogP contribution < -0.4 is 10.6 Å². The Hall–Kier alpha value is -2.40. The average Bonchev–Trinajstić information content (AvgIpc) is 2.69. The number of halogens is 1. The molecule has 3 rings (SSSR count). The highest BCUT2D eigenvalue weighted by Crippen LogP contribution is 2.18. The molecule has 144 valence electrons. The molecule has 0 radical (unpaired) electrons. The molecule has 2 aromatic rings. The molecule has 2 amide bonds. The summed E-state index contributed by atoms with van der Waals surface area (Å²) in [6.45, 7) is 4.19. The summed E-state index contributed by atoms with van der Waals surface area (Å²) in [4.78, 5) is 14.5. The molecule has 0 bridgehead atoms. The van der Waals surface area contributed by atoms with Crippen molar-refractivity contribution in [2.75, 3.05) is 26.2 Å². The van der Waals surface area contributed by atoms with Crippen LogP contribution in [0.2, 0.25) is 0 Å². The van der Waals surface area contributed by atoms with Gasteiger partial charge in [0.1, 0.15) is 5.82 Å². The largest absolute Gasteiger partial charge is 0.338 e. The maximum atomic E-state index is 13.6. The summed E-state index contributed by atoms with van der Waals surface area (Å²) >= 11 is 0. The van der Waals surface area contributed by atoms with E-state index >= 15 is 0 Å². The molecule has 1 heterocycles. The minimum Gasteiger partial charge on any atom is -0.338 e. The summed E-state index contributed by atoms with van der Waals surface area (Å²) < 4.78 is 13.6. The highest BCUT2D eigenvalue weighted by Gasteiger charge is 2.20. The minimum absolute atomic E-state index is 0.175. The molecule has 2 aromatic carbocycles. The fraction of sp³-hybridized carbons (Fsp3) is 0.409. The van der Waals surface area contributed by atoms with Gasteiger partial charge in [0, 0.05) is 26.2 Å². The van der Waals surface area contributed by atoms with Gasteiger partial charge in [-0.15, -0.1) is 0 Å². The lowest BCUT2D eigenvalue weighted by Gasteiger charge is -2.32. The zero-order valence-corrected chi connectivity index (χ0v) is 15.7. The fourth-order valence-corrected chi connectivity index (χ4v) is 3.61. The van der Waals surface area contributed by atoms with Crippen LogP contribution in [0.1, 0.15) is 24.0 Å². The van der Waals surface area contributed by atoms with Gasteiger partial charge in [-0.05, 0) is 48.9 Å². The summed E-state index contributed by atoms with van der Waals surface area (Å²) in [5.74, 6) is 0.250. The third kappa shape index (κ3) is 6.36. The number of carbonyl (C=O) groups is 1. The predicted molar refractivity (Wildman–Crippen MR) is 106 cm³/mol. The predicted octanol–water partition coefficient (Wildman–Crippen LogP) is 3.58. The lowest BCUT2D eigenvalue weighted by molar-refractivity contribution is 0.165. The topological polar surface area (TPSA) is 44.4 Å². The number of amides is 2. The van der Waals surface area contributed by atoms with Gasteiger partial charge < -0.3 is 10.6 Å². The lowest BCUT2D eigenvalue weighted by atomic mass is 9.97. The van der Waals surface area contributed by atoms with Gasteiger partial charge in [-0.1, -0.05) is 48.5 Å². The van der Waals surface area contributed by atoms with E-state index in [1.165, 1.54) is 11.6 Å². The quantitative estimate of drug-likeness (QED) is 0.784. The Bertz CT molecular complexity index is 723. The maximum absolute atomic E-state index is 13.6. The normalized spacial score (nSPS) is 17.4. The molecule has 0 saturated carbocycles. The summed E-state index contributed by atoms with van der Waals surface area (Å²) in [6, 6.07) is 17.0. The lowest BCUT2D eigenvalue weighted by Crippen LogP contribution is -2.43. The van der Waals surface area contributed by atoms with Crippen LogP contribution in [-0.2, 0) is 13.0 Å². The Morgan fingerprint density at radius 3 is 2.67 bits per heavy atom. The first-order valence-electron chi connectivity index (χ1n) is 9.72. The standard InChI is InChI=1S/C22H28FN3O/c23-21-11-5-4-10-20(21)12-13-24-22(27)25-15-19-9-6-14-26(17-19)16-18-7-2-1-3-8-18/h1-5,7-8,10-11,19H,6,9,12-17H2,(H2,24,25,27). The number of urea groups is 1. The van der Waals surface area contributed by atoms with E-state index in [4.69, 9.17) is 0 Å². The Balaban J connectivity index is 1.35. The second kappa shape index (κ2) is 10.1. The second-order valence-corrected chi connectivity index (χ2v) is 7.21. The Labute approximate surface area is 160 Å². The Kier molecular flexibility index (Phi) is 7.22. The molecule has 1 atom stereocenters. The molecule has 0 spiro atoms. The van der Waals surface area contributed by atoms with Gasteiger partial charge in [-0.25, -0.2) is 9.18 Å². The van der Waals surface area contributed by atoms with Crippen molar-refractivity contribution in [2.45, 2.75) is 25.8 Å². The van der Waals surface area contributed by atoms with E-state index in [0.29, 0.717) is 31.0 Å². The van der Waals surface area contributed by atoms with E-state index < -0.39 is 0 Å². The van der Waals surface area contributed by atoms with Gasteiger partial charge in [0.2, 0.25) is 0 Å². The molecule has 1 saturated heterocycles. The van der Waals surface area contributed by atoms with Crippen LogP contribution in [0.3, 0.4) is 0 Å². The highest BCUT2D eigenvalue weighted by atomic mass is 19.1. The van der Waals surface area contributed by atoms with Crippen molar-refractivity contribution in [1.29, 1.82) is 0 Å². The first kappa shape index (κ1) is 19.4. The molecular weight excluding hydrogens is 341 g/mol. The fourth-order valence-electron chi connectivity index (χ4n) is 3.61. The molecular formula is C22H28FN3O. The van der Waals surface area contributed by atoms with E-state index in [1.807, 2.05) is 12.1 Å². The molecule has 0 aromatic heterocycles. The highest BCUT2D eigenvalue weighted by molar-refractivity contribution is 5.73. The first-order valence-corrected chi connectivity index (χ1v) is 9.72. The van der Waals surface area contributed by atoms with E-state index in [1.54, 1.807) is 12.1 Å². The molecule has 1 fully saturated rings. The summed E-state index contributed by atoms with van der Waals surface area (Å²) in [5, 5.41) is 5.79. The zero-order chi connectivity index (χ0) is 18.9. The van der Waals surface area contributed by atoms with Crippen molar-refractivity contribution in [3.8, 4) is 0 Å². The monoisotopic (exact) mass is 369 g/mol. The van der Waals surface area contributed by atoms with Gasteiger partial charge in [0.15, 0.2) is 0 Å². The molecule has 27 heavy (non-hydrogen) atoms. The molecule has 1 aliphatic heterocycles. The zero-order valence-electron chi connectivity index (χ0n) is 15.7. The number of benzene rings is 2. The summed E-state index contributed by atoms with van der Waals surface area (Å²) in [7, 11) is 0. The van der Waals surface area contributed by atoms with Crippen LogP contribution in [0.25, 0.3) is 0 Å². The van der Waals surface area contributed by atoms with Crippen LogP contribution in [0.4, 0.5) is 9.18 Å². The molecule has 1 aliphatic rings. The Morgan fingerprint density at radius 2 is 1.85 bits per heavy atom. The van der Waals surface area contributed by atoms with Gasteiger partial charge in [-0.2, -0.15) is 0 Å². The smallest absolute Gasteiger partial charge is 0.314 e. The van der Waals surface area contributed by atoms with Crippen LogP contribution >= 0.6 is 0 Å². The van der Waals surface area contributed by atoms with Crippen molar-refractivity contribution in [3.05, 3.63) is 71.5 Å². The third-order valence-corrected chi connectivity index (χ3v) is 5.04. The van der Waals surface area contributed by atoms with Crippen molar-refractivity contribution < 1.29 is 9.18 Å². The number of nitrogens with zero attached hydrogens (tertiary/aromatic N) is 1. The second-order valence-electron chi connectivity index (χ2n) is 7.21. The van der Waals surface area contributed by atoms with Gasteiger partial charge in [0.25, 0.3) is 0 Å². The van der Waals surface area contributed by atoms with Gasteiger partial charge >= 0.3 is 6.03 Å². The van der Waals surface area contributed by atoms with Crippen LogP contribution in [0.5, 0.6) is 0 Å². The number of hydrogen-bond acceptors (Lipinski definition) is 2. The number of hydrogen-bond donors (Lipinski definition) is 2. The molecule has 2 N–H and O–H groups in total. The van der Waals surface area contributed by atoms with Crippen LogP contribution in [0.15, 0.2) is 54.6 Å². The van der Waals surface area contributed by atoms with Crippen molar-refractivity contribution in [1.82, 2.24) is 15.5 Å². The number of likely N-dealkylation sites (tertiary alicyclic amines) is 1. The van der Waals surface area contributed by atoms with Crippen molar-refractivity contribution in [2.24, 2.45) is 5.92 Å². The average molecular weight is 369 g/mol. The summed E-state index contributed by atoms with van der Waals surface area (Å²) in [6.07, 6.45) is 2.79. The van der Waals surface area contributed by atoms with E-state index in [-0.39, 0.29) is 11.8 Å². The van der Waals surface area contributed by atoms with Crippen LogP contribution in [0, 0.1) is 11.7 Å². The number of carbonyl (C=O) groups excluding carboxylic acids is 1. The molecule has 5 heteroatoms. The number of rotatable bonds is 7. The van der Waals surface area contributed by atoms with E-state index in [9.17, 15) is 9.18 Å². The first-order chi connectivity index (χ1) is 13.2. The minimum atomic E-state index is -0.222. The SMILES string of the molecule is O=C(NCCc1ccccc1F)NCC1CCCN(Cc2ccccc2)C1. The third-order valence-electron chi connectivity index (χ3n) is 5.04. The van der Waals surface area contributed by atoms with E-state index in [2.05, 4.69) is 39.8 Å².